The van der Waals surface area contributed by atoms with Crippen LogP contribution in [0.15, 0.2) is 0 Å². The first-order valence-electron chi connectivity index (χ1n) is 8.43. The van der Waals surface area contributed by atoms with E-state index in [0.29, 0.717) is 13.1 Å². The number of amides is 1. The van der Waals surface area contributed by atoms with E-state index in [1.165, 1.54) is 0 Å². The molecule has 138 valence electrons. The number of hydrogen-bond acceptors (Lipinski definition) is 7. The predicted molar refractivity (Wildman–Crippen MR) is 96.8 cm³/mol. The van der Waals surface area contributed by atoms with E-state index in [1.54, 1.807) is 11.8 Å². The Balaban J connectivity index is 1.99. The number of carbonyl (C=O) groups is 2. The molecule has 0 radical (unpaired) electrons. The van der Waals surface area contributed by atoms with E-state index in [-0.39, 0.29) is 17.6 Å². The molecule has 1 amide bonds. The van der Waals surface area contributed by atoms with Crippen LogP contribution in [0.5, 0.6) is 0 Å². The fourth-order valence-corrected chi connectivity index (χ4v) is 4.34. The Labute approximate surface area is 152 Å². The van der Waals surface area contributed by atoms with E-state index in [1.807, 2.05) is 9.21 Å². The van der Waals surface area contributed by atoms with Crippen LogP contribution in [0, 0.1) is 0 Å². The summed E-state index contributed by atoms with van der Waals surface area (Å²) < 4.78 is 6.48. The summed E-state index contributed by atoms with van der Waals surface area (Å²) in [7, 11) is 0. The third kappa shape index (κ3) is 4.71. The van der Waals surface area contributed by atoms with Crippen LogP contribution in [0.1, 0.15) is 39.0 Å². The molecule has 2 aliphatic rings. The summed E-state index contributed by atoms with van der Waals surface area (Å²) in [5.74, 6) is 1.19. The van der Waals surface area contributed by atoms with Crippen LogP contribution in [0.25, 0.3) is 0 Å². The van der Waals surface area contributed by atoms with Crippen molar-refractivity contribution in [3.63, 3.8) is 0 Å². The molecule has 1 atom stereocenters. The van der Waals surface area contributed by atoms with Gasteiger partial charge in [0.2, 0.25) is 5.91 Å². The summed E-state index contributed by atoms with van der Waals surface area (Å²) in [6.07, 6.45) is 5.26. The number of carbonyl (C=O) groups excluding carboxylic acids is 1. The first-order chi connectivity index (χ1) is 11.5. The maximum Gasteiger partial charge on any atom is 0.519 e. The molecule has 0 saturated carbocycles. The van der Waals surface area contributed by atoms with Crippen LogP contribution >= 0.6 is 24.0 Å². The Morgan fingerprint density at radius 2 is 2.17 bits per heavy atom. The van der Waals surface area contributed by atoms with E-state index < -0.39 is 6.16 Å². The van der Waals surface area contributed by atoms with Crippen molar-refractivity contribution in [3.05, 3.63) is 0 Å². The van der Waals surface area contributed by atoms with E-state index in [2.05, 4.69) is 22.7 Å². The lowest BCUT2D eigenvalue weighted by molar-refractivity contribution is -0.133. The summed E-state index contributed by atoms with van der Waals surface area (Å²) in [5.41, 5.74) is -0.282. The number of unbranched alkanes of at least 4 members (excludes halogenated alkanes) is 1. The van der Waals surface area contributed by atoms with Crippen LogP contribution in [-0.2, 0) is 8.98 Å². The molecule has 2 aliphatic heterocycles. The quantitative estimate of drug-likeness (QED) is 0.493. The number of piperidine rings is 1. The molecule has 0 bridgehead atoms. The zero-order valence-corrected chi connectivity index (χ0v) is 16.0. The average Bonchev–Trinajstić information content (AvgIpc) is 2.82. The molecule has 2 rings (SSSR count). The summed E-state index contributed by atoms with van der Waals surface area (Å²) in [6.45, 7) is 4.30. The van der Waals surface area contributed by atoms with Crippen molar-refractivity contribution >= 4 is 36.1 Å². The van der Waals surface area contributed by atoms with Crippen LogP contribution in [0.3, 0.4) is 0 Å². The van der Waals surface area contributed by atoms with Crippen molar-refractivity contribution in [2.24, 2.45) is 0 Å². The monoisotopic (exact) mass is 377 g/mol. The molecule has 2 fully saturated rings. The minimum Gasteiger partial charge on any atom is -0.449 e. The molecule has 0 aromatic carbocycles. The lowest BCUT2D eigenvalue weighted by Gasteiger charge is -2.43. The highest BCUT2D eigenvalue weighted by Gasteiger charge is 2.50. The fraction of sp³-hybridized carbons (Fsp3) is 0.867. The molecule has 1 spiro atoms. The van der Waals surface area contributed by atoms with Gasteiger partial charge in [0.15, 0.2) is 12.2 Å². The van der Waals surface area contributed by atoms with Crippen molar-refractivity contribution in [1.82, 2.24) is 14.5 Å². The summed E-state index contributed by atoms with van der Waals surface area (Å²) in [6, 6.07) is -0.0937. The molecule has 2 saturated heterocycles. The van der Waals surface area contributed by atoms with E-state index in [9.17, 15) is 9.59 Å². The molecule has 0 aromatic rings. The first-order valence-corrected chi connectivity index (χ1v) is 10.5. The maximum atomic E-state index is 12.8. The highest BCUT2D eigenvalue weighted by atomic mass is 32.2. The Kier molecular flexibility index (Phi) is 7.52. The van der Waals surface area contributed by atoms with E-state index in [4.69, 9.17) is 5.11 Å². The second-order valence-corrected chi connectivity index (χ2v) is 8.02. The number of rotatable bonds is 8. The number of nitrogens with one attached hydrogen (secondary N) is 1. The van der Waals surface area contributed by atoms with Gasteiger partial charge in [-0.05, 0) is 37.7 Å². The molecule has 2 heterocycles. The van der Waals surface area contributed by atoms with Gasteiger partial charge in [-0.3, -0.25) is 10.1 Å². The molecule has 1 unspecified atom stereocenters. The molecule has 0 aliphatic carbocycles. The van der Waals surface area contributed by atoms with Crippen molar-refractivity contribution in [1.29, 1.82) is 0 Å². The summed E-state index contributed by atoms with van der Waals surface area (Å²) in [4.78, 5) is 25.4. The van der Waals surface area contributed by atoms with Gasteiger partial charge in [0.1, 0.15) is 0 Å². The zero-order valence-electron chi connectivity index (χ0n) is 14.3. The van der Waals surface area contributed by atoms with Gasteiger partial charge in [-0.1, -0.05) is 13.3 Å². The lowest BCUT2D eigenvalue weighted by Crippen LogP contribution is -2.58. The van der Waals surface area contributed by atoms with Gasteiger partial charge in [-0.2, -0.15) is 11.8 Å². The van der Waals surface area contributed by atoms with Gasteiger partial charge in [0, 0.05) is 19.6 Å². The smallest absolute Gasteiger partial charge is 0.449 e. The highest BCUT2D eigenvalue weighted by molar-refractivity contribution is 7.98. The zero-order chi connectivity index (χ0) is 17.6. The number of hydrogen-bond donors (Lipinski definition) is 2. The lowest BCUT2D eigenvalue weighted by atomic mass is 9.97. The summed E-state index contributed by atoms with van der Waals surface area (Å²) in [5, 5.41) is 12.2. The van der Waals surface area contributed by atoms with Gasteiger partial charge in [-0.25, -0.2) is 9.10 Å². The third-order valence-electron chi connectivity index (χ3n) is 4.63. The third-order valence-corrected chi connectivity index (χ3v) is 6.07. The molecule has 2 N–H and O–H groups in total. The normalized spacial score (nSPS) is 23.8. The van der Waals surface area contributed by atoms with Gasteiger partial charge in [0.25, 0.3) is 0 Å². The minimum absolute atomic E-state index is 0.0937. The van der Waals surface area contributed by atoms with Crippen molar-refractivity contribution in [2.75, 3.05) is 31.6 Å². The second-order valence-electron chi connectivity index (χ2n) is 6.21. The summed E-state index contributed by atoms with van der Waals surface area (Å²) >= 11 is 2.64. The van der Waals surface area contributed by atoms with Gasteiger partial charge in [0.05, 0.1) is 11.7 Å². The van der Waals surface area contributed by atoms with E-state index in [0.717, 1.165) is 56.6 Å². The molecular weight excluding hydrogens is 350 g/mol. The molecule has 9 heteroatoms. The second kappa shape index (κ2) is 9.17. The van der Waals surface area contributed by atoms with Crippen LogP contribution < -0.4 is 5.32 Å². The first kappa shape index (κ1) is 19.7. The number of nitrogens with zero attached hydrogens (tertiary/aromatic N) is 2. The average molecular weight is 378 g/mol. The maximum absolute atomic E-state index is 12.8. The van der Waals surface area contributed by atoms with Crippen molar-refractivity contribution < 1.29 is 18.9 Å². The topological polar surface area (TPSA) is 82.1 Å². The minimum atomic E-state index is -1.28. The predicted octanol–water partition coefficient (Wildman–Crippen LogP) is 2.39. The fourth-order valence-electron chi connectivity index (χ4n) is 3.36. The van der Waals surface area contributed by atoms with Crippen LogP contribution in [0.4, 0.5) is 4.79 Å². The van der Waals surface area contributed by atoms with E-state index >= 15 is 0 Å². The van der Waals surface area contributed by atoms with Crippen molar-refractivity contribution in [3.8, 4) is 0 Å². The Morgan fingerprint density at radius 3 is 2.75 bits per heavy atom. The molecule has 7 nitrogen and oxygen atoms in total. The number of thioether (sulfide) groups is 1. The SMILES string of the molecule is CCCCN1C(=O)C(CCSC)NC12CCN(SOC(=O)O)CC2. The standard InChI is InChI=1S/C15H27N3O4S2/c1-3-4-8-18-13(19)12(5-11-23-2)16-15(18)6-9-17(10-7-15)24-22-14(20)21/h12,16H,3-11H2,1-2H3,(H,20,21). The molecular formula is C15H27N3O4S2. The van der Waals surface area contributed by atoms with Crippen LogP contribution in [0.2, 0.25) is 0 Å². The molecule has 0 aromatic heterocycles. The van der Waals surface area contributed by atoms with Gasteiger partial charge < -0.3 is 14.2 Å². The Hall–Kier alpha value is -0.640. The largest absolute Gasteiger partial charge is 0.519 e. The van der Waals surface area contributed by atoms with Gasteiger partial charge >= 0.3 is 6.16 Å². The molecule has 24 heavy (non-hydrogen) atoms. The van der Waals surface area contributed by atoms with Crippen molar-refractivity contribution in [2.45, 2.75) is 50.7 Å². The number of carboxylic acid groups (broad SMARTS) is 1. The Morgan fingerprint density at radius 1 is 1.46 bits per heavy atom. The van der Waals surface area contributed by atoms with Gasteiger partial charge in [-0.15, -0.1) is 0 Å². The highest BCUT2D eigenvalue weighted by Crippen LogP contribution is 2.35. The van der Waals surface area contributed by atoms with Crippen LogP contribution in [-0.4, -0.2) is 69.7 Å². The Bertz CT molecular complexity index is 444.